The number of carbonyl (C=O) groups is 3. The lowest BCUT2D eigenvalue weighted by Gasteiger charge is -2.14. The molecule has 2 heterocycles. The molecule has 1 atom stereocenters. The molecule has 1 aromatic carbocycles. The van der Waals surface area contributed by atoms with E-state index in [9.17, 15) is 14.4 Å². The Hall–Kier alpha value is -2.87. The third-order valence-electron chi connectivity index (χ3n) is 8.11. The van der Waals surface area contributed by atoms with Crippen molar-refractivity contribution < 1.29 is 23.9 Å². The molecule has 44 heavy (non-hydrogen) atoms. The smallest absolute Gasteiger partial charge is 0.307 e. The Kier molecular flexibility index (Phi) is 17.0. The third-order valence-corrected chi connectivity index (χ3v) is 9.18. The Morgan fingerprint density at radius 3 is 2.02 bits per heavy atom. The molecule has 2 aromatic rings. The summed E-state index contributed by atoms with van der Waals surface area (Å²) in [5.41, 5.74) is 3.15. The van der Waals surface area contributed by atoms with Crippen LogP contribution in [0, 0.1) is 0 Å². The van der Waals surface area contributed by atoms with Crippen LogP contribution in [-0.2, 0) is 33.6 Å². The molecule has 0 radical (unpaired) electrons. The predicted octanol–water partition coefficient (Wildman–Crippen LogP) is 8.85. The monoisotopic (exact) mass is 624 g/mol. The fraction of sp³-hybridized carbons (Fsp3) is 0.611. The largest absolute Gasteiger partial charge is 0.493 e. The second-order valence-electron chi connectivity index (χ2n) is 11.7. The van der Waals surface area contributed by atoms with Crippen molar-refractivity contribution >= 4 is 28.9 Å². The molecule has 1 fully saturated rings. The summed E-state index contributed by atoms with van der Waals surface area (Å²) in [4.78, 5) is 43.0. The molecule has 242 valence electrons. The summed E-state index contributed by atoms with van der Waals surface area (Å²) in [6.07, 6.45) is 20.5. The highest BCUT2D eigenvalue weighted by Crippen LogP contribution is 2.30. The number of unbranched alkanes of at least 4 members (excludes halogenated alkanes) is 12. The minimum atomic E-state index is -0.522. The Labute approximate surface area is 268 Å². The Balaban J connectivity index is 1.24. The number of nitrogens with zero attached hydrogens (tertiary/aromatic N) is 2. The Morgan fingerprint density at radius 1 is 0.818 bits per heavy atom. The molecular formula is C36H52N2O5S. The number of benzene rings is 1. The molecule has 0 saturated carbocycles. The number of hydrogen-bond donors (Lipinski definition) is 0. The lowest BCUT2D eigenvalue weighted by molar-refractivity contribution is -0.149. The highest BCUT2D eigenvalue weighted by molar-refractivity contribution is 8.15. The molecule has 2 amide bonds. The van der Waals surface area contributed by atoms with Crippen molar-refractivity contribution in [2.75, 3.05) is 13.3 Å². The van der Waals surface area contributed by atoms with Crippen molar-refractivity contribution in [3.05, 3.63) is 59.4 Å². The first-order valence-electron chi connectivity index (χ1n) is 16.8. The highest BCUT2D eigenvalue weighted by atomic mass is 32.2. The van der Waals surface area contributed by atoms with Gasteiger partial charge >= 0.3 is 5.97 Å². The molecule has 1 saturated heterocycles. The molecule has 1 aliphatic rings. The molecule has 0 bridgehead atoms. The van der Waals surface area contributed by atoms with Crippen LogP contribution >= 0.6 is 11.8 Å². The van der Waals surface area contributed by atoms with E-state index in [4.69, 9.17) is 9.47 Å². The van der Waals surface area contributed by atoms with Crippen LogP contribution in [0.1, 0.15) is 121 Å². The predicted molar refractivity (Wildman–Crippen MR) is 178 cm³/mol. The summed E-state index contributed by atoms with van der Waals surface area (Å²) in [5, 5.41) is -0.888. The Bertz CT molecular complexity index is 1120. The number of aryl methyl sites for hydroxylation is 1. The van der Waals surface area contributed by atoms with Crippen LogP contribution in [0.15, 0.2) is 42.6 Å². The number of thioether (sulfide) groups is 1. The van der Waals surface area contributed by atoms with E-state index in [1.165, 1.54) is 69.8 Å². The zero-order valence-corrected chi connectivity index (χ0v) is 27.7. The molecule has 1 aromatic heterocycles. The van der Waals surface area contributed by atoms with Crippen molar-refractivity contribution in [3.63, 3.8) is 0 Å². The van der Waals surface area contributed by atoms with Gasteiger partial charge in [0, 0.05) is 24.7 Å². The fourth-order valence-electron chi connectivity index (χ4n) is 5.26. The lowest BCUT2D eigenvalue weighted by atomic mass is 10.0. The second kappa shape index (κ2) is 21.0. The van der Waals surface area contributed by atoms with Crippen molar-refractivity contribution in [2.45, 2.75) is 128 Å². The molecule has 0 spiro atoms. The van der Waals surface area contributed by atoms with Crippen LogP contribution in [0.3, 0.4) is 0 Å². The number of ether oxygens (including phenoxy) is 2. The van der Waals surface area contributed by atoms with Crippen LogP contribution in [0.2, 0.25) is 0 Å². The maximum atomic E-state index is 12.9. The minimum Gasteiger partial charge on any atom is -0.493 e. The average molecular weight is 625 g/mol. The summed E-state index contributed by atoms with van der Waals surface area (Å²) in [7, 11) is 0. The van der Waals surface area contributed by atoms with Crippen molar-refractivity contribution in [3.8, 4) is 5.75 Å². The van der Waals surface area contributed by atoms with Gasteiger partial charge in [-0.25, -0.2) is 4.90 Å². The number of rotatable bonds is 23. The zero-order chi connectivity index (χ0) is 31.4. The number of carbonyl (C=O) groups excluding carboxylic acids is 3. The molecular weight excluding hydrogens is 572 g/mol. The van der Waals surface area contributed by atoms with Gasteiger partial charge in [-0.05, 0) is 48.6 Å². The van der Waals surface area contributed by atoms with E-state index in [2.05, 4.69) is 24.9 Å². The number of hydrogen-bond acceptors (Lipinski definition) is 7. The number of imide groups is 1. The maximum absolute atomic E-state index is 12.9. The molecule has 7 nitrogen and oxygen atoms in total. The van der Waals surface area contributed by atoms with Crippen LogP contribution < -0.4 is 4.74 Å². The molecule has 0 N–H and O–H groups in total. The molecule has 1 unspecified atom stereocenters. The van der Waals surface area contributed by atoms with Gasteiger partial charge in [-0.15, -0.1) is 0 Å². The summed E-state index contributed by atoms with van der Waals surface area (Å²) >= 11 is 0.992. The zero-order valence-electron chi connectivity index (χ0n) is 26.9. The van der Waals surface area contributed by atoms with Gasteiger partial charge in [0.15, 0.2) is 6.73 Å². The van der Waals surface area contributed by atoms with Gasteiger partial charge in [0.05, 0.1) is 11.9 Å². The van der Waals surface area contributed by atoms with Gasteiger partial charge in [0.25, 0.3) is 5.24 Å². The summed E-state index contributed by atoms with van der Waals surface area (Å²) in [5.74, 6) is 0.0830. The molecule has 0 aliphatic carbocycles. The summed E-state index contributed by atoms with van der Waals surface area (Å²) < 4.78 is 11.1. The van der Waals surface area contributed by atoms with E-state index in [0.717, 1.165) is 65.8 Å². The topological polar surface area (TPSA) is 85.8 Å². The van der Waals surface area contributed by atoms with Gasteiger partial charge in [-0.1, -0.05) is 121 Å². The van der Waals surface area contributed by atoms with Crippen molar-refractivity contribution in [1.29, 1.82) is 0 Å². The van der Waals surface area contributed by atoms with Crippen LogP contribution in [0.4, 0.5) is 4.79 Å². The van der Waals surface area contributed by atoms with Gasteiger partial charge in [-0.2, -0.15) is 0 Å². The van der Waals surface area contributed by atoms with Crippen LogP contribution in [0.25, 0.3) is 0 Å². The maximum Gasteiger partial charge on any atom is 0.307 e. The summed E-state index contributed by atoms with van der Waals surface area (Å²) in [6.45, 7) is 4.58. The minimum absolute atomic E-state index is 0.304. The van der Waals surface area contributed by atoms with E-state index in [1.807, 2.05) is 36.5 Å². The van der Waals surface area contributed by atoms with E-state index < -0.39 is 5.25 Å². The van der Waals surface area contributed by atoms with Crippen molar-refractivity contribution in [1.82, 2.24) is 9.88 Å². The van der Waals surface area contributed by atoms with Crippen LogP contribution in [-0.4, -0.2) is 45.6 Å². The van der Waals surface area contributed by atoms with Gasteiger partial charge in [0.2, 0.25) is 5.91 Å². The number of aromatic nitrogens is 1. The van der Waals surface area contributed by atoms with Gasteiger partial charge < -0.3 is 9.47 Å². The van der Waals surface area contributed by atoms with Crippen LogP contribution in [0.5, 0.6) is 5.75 Å². The highest BCUT2D eigenvalue weighted by Gasteiger charge is 2.40. The van der Waals surface area contributed by atoms with E-state index in [-0.39, 0.29) is 23.8 Å². The lowest BCUT2D eigenvalue weighted by Crippen LogP contribution is -2.35. The standard InChI is InChI=1S/C36H52N2O5S/c1-3-5-6-7-8-9-10-11-12-13-14-15-16-17-34(39)43-28-38-35(40)33(44-36(38)41)26-30-19-22-32(23-20-30)42-25-24-31-21-18-29(4-2)27-37-31/h18-23,27,33H,3-17,24-26,28H2,1-2H3. The normalized spacial score (nSPS) is 14.8. The first-order valence-corrected chi connectivity index (χ1v) is 17.7. The van der Waals surface area contributed by atoms with Gasteiger partial charge in [-0.3, -0.25) is 19.4 Å². The summed E-state index contributed by atoms with van der Waals surface area (Å²) in [6, 6.07) is 11.7. The average Bonchev–Trinajstić information content (AvgIpc) is 3.30. The van der Waals surface area contributed by atoms with Crippen molar-refractivity contribution in [2.24, 2.45) is 0 Å². The van der Waals surface area contributed by atoms with E-state index >= 15 is 0 Å². The van der Waals surface area contributed by atoms with E-state index in [0.29, 0.717) is 19.4 Å². The van der Waals surface area contributed by atoms with E-state index in [1.54, 1.807) is 0 Å². The Morgan fingerprint density at radius 2 is 1.43 bits per heavy atom. The number of amides is 2. The third kappa shape index (κ3) is 13.4. The SMILES string of the molecule is CCCCCCCCCCCCCCCC(=O)OCN1C(=O)SC(Cc2ccc(OCCc3ccc(CC)cn3)cc2)C1=O. The quantitative estimate of drug-likeness (QED) is 0.0902. The second-order valence-corrected chi connectivity index (χ2v) is 12.9. The molecule has 1 aliphatic heterocycles. The number of esters is 1. The fourth-order valence-corrected chi connectivity index (χ4v) is 6.28. The van der Waals surface area contributed by atoms with Gasteiger partial charge in [0.1, 0.15) is 5.75 Å². The molecule has 8 heteroatoms. The number of pyridine rings is 1. The first-order chi connectivity index (χ1) is 21.5. The molecule has 3 rings (SSSR count). The first kappa shape index (κ1) is 35.6.